The first kappa shape index (κ1) is 18.5. The second-order valence-corrected chi connectivity index (χ2v) is 7.78. The number of carbonyl (C=O) groups is 1. The number of nitrogens with zero attached hydrogens (tertiary/aromatic N) is 3. The van der Waals surface area contributed by atoms with E-state index in [0.717, 1.165) is 28.6 Å². The van der Waals surface area contributed by atoms with Crippen molar-refractivity contribution < 1.29 is 14.5 Å². The fraction of sp³-hybridized carbons (Fsp3) is 0.300. The summed E-state index contributed by atoms with van der Waals surface area (Å²) in [5.41, 5.74) is 2.29. The number of hydrogen-bond acceptors (Lipinski definition) is 6. The summed E-state index contributed by atoms with van der Waals surface area (Å²) in [6.45, 7) is 3.10. The van der Waals surface area contributed by atoms with Crippen molar-refractivity contribution in [1.29, 1.82) is 0 Å². The fourth-order valence-electron chi connectivity index (χ4n) is 3.31. The molecular formula is C20H19N3O4S. The summed E-state index contributed by atoms with van der Waals surface area (Å²) in [7, 11) is 0. The number of thiazole rings is 1. The molecule has 1 atom stereocenters. The number of non-ortho nitro benzene ring substituents is 1. The van der Waals surface area contributed by atoms with Crippen molar-refractivity contribution in [3.05, 3.63) is 63.7 Å². The molecule has 0 bridgehead atoms. The van der Waals surface area contributed by atoms with Crippen molar-refractivity contribution in [1.82, 2.24) is 4.98 Å². The topological polar surface area (TPSA) is 85.6 Å². The van der Waals surface area contributed by atoms with Crippen LogP contribution < -0.4 is 4.90 Å². The maximum absolute atomic E-state index is 13.2. The van der Waals surface area contributed by atoms with Gasteiger partial charge in [-0.2, -0.15) is 0 Å². The Morgan fingerprint density at radius 1 is 1.32 bits per heavy atom. The van der Waals surface area contributed by atoms with E-state index in [1.165, 1.54) is 35.6 Å². The number of nitro benzene ring substituents is 1. The maximum atomic E-state index is 13.2. The number of rotatable bonds is 5. The molecule has 1 aromatic heterocycles. The van der Waals surface area contributed by atoms with Crippen LogP contribution >= 0.6 is 11.3 Å². The van der Waals surface area contributed by atoms with Crippen molar-refractivity contribution >= 4 is 38.3 Å². The van der Waals surface area contributed by atoms with Gasteiger partial charge in [0.25, 0.3) is 11.6 Å². The van der Waals surface area contributed by atoms with Crippen molar-refractivity contribution in [2.75, 3.05) is 18.1 Å². The molecule has 2 heterocycles. The summed E-state index contributed by atoms with van der Waals surface area (Å²) >= 11 is 1.46. The van der Waals surface area contributed by atoms with E-state index >= 15 is 0 Å². The Morgan fingerprint density at radius 2 is 2.11 bits per heavy atom. The van der Waals surface area contributed by atoms with Gasteiger partial charge in [-0.05, 0) is 43.5 Å². The molecule has 1 aliphatic heterocycles. The highest BCUT2D eigenvalue weighted by atomic mass is 32.1. The molecule has 2 aromatic carbocycles. The Bertz CT molecular complexity index is 1030. The van der Waals surface area contributed by atoms with Crippen LogP contribution in [0, 0.1) is 17.0 Å². The molecule has 8 heteroatoms. The fourth-order valence-corrected chi connectivity index (χ4v) is 4.36. The summed E-state index contributed by atoms with van der Waals surface area (Å²) in [5.74, 6) is -0.234. The van der Waals surface area contributed by atoms with Crippen molar-refractivity contribution in [2.24, 2.45) is 0 Å². The third-order valence-corrected chi connectivity index (χ3v) is 5.86. The van der Waals surface area contributed by atoms with Gasteiger partial charge in [-0.3, -0.25) is 19.8 Å². The number of benzene rings is 2. The van der Waals surface area contributed by atoms with Gasteiger partial charge in [-0.1, -0.05) is 23.5 Å². The molecule has 0 aliphatic carbocycles. The zero-order valence-electron chi connectivity index (χ0n) is 15.3. The van der Waals surface area contributed by atoms with Gasteiger partial charge < -0.3 is 4.74 Å². The molecule has 1 aliphatic rings. The van der Waals surface area contributed by atoms with Gasteiger partial charge in [0, 0.05) is 24.3 Å². The van der Waals surface area contributed by atoms with Crippen molar-refractivity contribution in [2.45, 2.75) is 25.9 Å². The highest BCUT2D eigenvalue weighted by Crippen LogP contribution is 2.32. The molecule has 144 valence electrons. The summed E-state index contributed by atoms with van der Waals surface area (Å²) in [5, 5.41) is 11.5. The molecule has 0 saturated carbocycles. The van der Waals surface area contributed by atoms with Gasteiger partial charge in [0.1, 0.15) is 0 Å². The monoisotopic (exact) mass is 397 g/mol. The van der Waals surface area contributed by atoms with Crippen LogP contribution in [0.4, 0.5) is 10.8 Å². The number of ether oxygens (including phenoxy) is 1. The van der Waals surface area contributed by atoms with E-state index in [0.29, 0.717) is 23.8 Å². The zero-order chi connectivity index (χ0) is 19.7. The van der Waals surface area contributed by atoms with E-state index in [4.69, 9.17) is 9.72 Å². The normalized spacial score (nSPS) is 16.4. The molecule has 3 aromatic rings. The van der Waals surface area contributed by atoms with Crippen LogP contribution in [-0.4, -0.2) is 35.1 Å². The molecule has 4 rings (SSSR count). The number of amides is 1. The standard InChI is InChI=1S/C20H19N3O4S/c1-13-4-2-6-17-18(13)21-20(28-17)22(12-16-5-3-11-27-16)19(24)14-7-9-15(10-8-14)23(25)26/h2,4,6-10,16H,3,5,11-12H2,1H3. The summed E-state index contributed by atoms with van der Waals surface area (Å²) in [4.78, 5) is 30.0. The van der Waals surface area contributed by atoms with Crippen LogP contribution in [0.5, 0.6) is 0 Å². The summed E-state index contributed by atoms with van der Waals surface area (Å²) in [6.07, 6.45) is 1.84. The van der Waals surface area contributed by atoms with Gasteiger partial charge in [-0.25, -0.2) is 4.98 Å². The van der Waals surface area contributed by atoms with E-state index in [1.807, 2.05) is 25.1 Å². The predicted molar refractivity (Wildman–Crippen MR) is 108 cm³/mol. The van der Waals surface area contributed by atoms with Gasteiger partial charge >= 0.3 is 0 Å². The van der Waals surface area contributed by atoms with Gasteiger partial charge in [0.2, 0.25) is 0 Å². The average molecular weight is 397 g/mol. The van der Waals surface area contributed by atoms with Gasteiger partial charge in [0.15, 0.2) is 5.13 Å². The average Bonchev–Trinajstić information content (AvgIpc) is 3.36. The number of aromatic nitrogens is 1. The number of anilines is 1. The van der Waals surface area contributed by atoms with Gasteiger partial charge in [0.05, 0.1) is 27.8 Å². The zero-order valence-corrected chi connectivity index (χ0v) is 16.1. The maximum Gasteiger partial charge on any atom is 0.269 e. The molecule has 1 fully saturated rings. The molecule has 0 spiro atoms. The van der Waals surface area contributed by atoms with E-state index in [9.17, 15) is 14.9 Å². The Hall–Kier alpha value is -2.84. The van der Waals surface area contributed by atoms with E-state index < -0.39 is 4.92 Å². The van der Waals surface area contributed by atoms with Crippen molar-refractivity contribution in [3.8, 4) is 0 Å². The molecule has 1 unspecified atom stereocenters. The first-order valence-corrected chi connectivity index (χ1v) is 9.88. The molecule has 1 saturated heterocycles. The third kappa shape index (κ3) is 3.61. The largest absolute Gasteiger partial charge is 0.376 e. The number of carbonyl (C=O) groups excluding carboxylic acids is 1. The third-order valence-electron chi connectivity index (χ3n) is 4.82. The lowest BCUT2D eigenvalue weighted by atomic mass is 10.1. The van der Waals surface area contributed by atoms with Crippen LogP contribution in [-0.2, 0) is 4.74 Å². The minimum Gasteiger partial charge on any atom is -0.376 e. The smallest absolute Gasteiger partial charge is 0.269 e. The molecule has 0 radical (unpaired) electrons. The second kappa shape index (κ2) is 7.65. The summed E-state index contributed by atoms with van der Waals surface area (Å²) < 4.78 is 6.75. The SMILES string of the molecule is Cc1cccc2sc(N(CC3CCCO3)C(=O)c3ccc([N+](=O)[O-])cc3)nc12. The second-order valence-electron chi connectivity index (χ2n) is 6.77. The van der Waals surface area contributed by atoms with Crippen LogP contribution in [0.25, 0.3) is 10.2 Å². The number of hydrogen-bond donors (Lipinski definition) is 0. The molecule has 1 amide bonds. The predicted octanol–water partition coefficient (Wildman–Crippen LogP) is 4.34. The first-order valence-electron chi connectivity index (χ1n) is 9.07. The number of fused-ring (bicyclic) bond motifs is 1. The lowest BCUT2D eigenvalue weighted by molar-refractivity contribution is -0.384. The van der Waals surface area contributed by atoms with Crippen molar-refractivity contribution in [3.63, 3.8) is 0 Å². The highest BCUT2D eigenvalue weighted by molar-refractivity contribution is 7.22. The van der Waals surface area contributed by atoms with E-state index in [2.05, 4.69) is 0 Å². The molecule has 7 nitrogen and oxygen atoms in total. The van der Waals surface area contributed by atoms with Crippen LogP contribution in [0.2, 0.25) is 0 Å². The van der Waals surface area contributed by atoms with Gasteiger partial charge in [-0.15, -0.1) is 0 Å². The van der Waals surface area contributed by atoms with Crippen LogP contribution in [0.15, 0.2) is 42.5 Å². The minimum atomic E-state index is -0.477. The highest BCUT2D eigenvalue weighted by Gasteiger charge is 2.27. The van der Waals surface area contributed by atoms with Crippen LogP contribution in [0.3, 0.4) is 0 Å². The Labute approximate surface area is 165 Å². The minimum absolute atomic E-state index is 0.0323. The van der Waals surface area contributed by atoms with E-state index in [-0.39, 0.29) is 17.7 Å². The lowest BCUT2D eigenvalue weighted by Gasteiger charge is -2.23. The number of nitro groups is 1. The first-order chi connectivity index (χ1) is 13.5. The Morgan fingerprint density at radius 3 is 2.75 bits per heavy atom. The quantitative estimate of drug-likeness (QED) is 0.472. The Kier molecular flexibility index (Phi) is 5.06. The Balaban J connectivity index is 1.70. The summed E-state index contributed by atoms with van der Waals surface area (Å²) in [6, 6.07) is 11.6. The van der Waals surface area contributed by atoms with Crippen LogP contribution in [0.1, 0.15) is 28.8 Å². The number of para-hydroxylation sites is 1. The molecule has 28 heavy (non-hydrogen) atoms. The molecule has 0 N–H and O–H groups in total. The molecular weight excluding hydrogens is 378 g/mol. The lowest BCUT2D eigenvalue weighted by Crippen LogP contribution is -2.37. The van der Waals surface area contributed by atoms with E-state index in [1.54, 1.807) is 4.90 Å². The number of aryl methyl sites for hydroxylation is 1.